The van der Waals surface area contributed by atoms with Gasteiger partial charge in [-0.1, -0.05) is 182 Å². The number of nitrogens with zero attached hydrogens (tertiary/aromatic N) is 3. The highest BCUT2D eigenvalue weighted by atomic mass is 28.3. The molecule has 0 saturated carbocycles. The fourth-order valence-corrected chi connectivity index (χ4v) is 11.7. The van der Waals surface area contributed by atoms with Gasteiger partial charge in [-0.25, -0.2) is 9.97 Å². The van der Waals surface area contributed by atoms with Crippen LogP contribution in [-0.2, 0) is 0 Å². The molecule has 0 aliphatic carbocycles. The molecular formula is C46H33N3Si. The molecule has 9 aromatic rings. The zero-order chi connectivity index (χ0) is 36.8. The van der Waals surface area contributed by atoms with E-state index in [0.29, 0.717) is 22.5 Å². The minimum absolute atomic E-state index is 0.0232. The predicted molar refractivity (Wildman–Crippen MR) is 211 cm³/mol. The molecule has 0 N–H and O–H groups in total. The smallest absolute Gasteiger partial charge is 0.179 e. The van der Waals surface area contributed by atoms with Crippen LogP contribution in [0, 0.1) is 0 Å². The molecule has 0 radical (unpaired) electrons. The first-order valence-corrected chi connectivity index (χ1v) is 18.7. The predicted octanol–water partition coefficient (Wildman–Crippen LogP) is 8.29. The van der Waals surface area contributed by atoms with Crippen molar-refractivity contribution in [1.82, 2.24) is 14.5 Å². The number of hydrogen-bond acceptors (Lipinski definition) is 2. The number of hydrogen-bond donors (Lipinski definition) is 0. The van der Waals surface area contributed by atoms with Crippen molar-refractivity contribution >= 4 is 50.6 Å². The van der Waals surface area contributed by atoms with Crippen LogP contribution in [0.1, 0.15) is 5.48 Å². The molecule has 0 bridgehead atoms. The molecule has 4 heteroatoms. The molecule has 7 aromatic carbocycles. The van der Waals surface area contributed by atoms with Crippen LogP contribution in [-0.4, -0.2) is 22.6 Å². The summed E-state index contributed by atoms with van der Waals surface area (Å²) in [6, 6.07) is 57.7. The molecule has 0 fully saturated rings. The maximum atomic E-state index is 10.2. The van der Waals surface area contributed by atoms with Gasteiger partial charge >= 0.3 is 0 Å². The van der Waals surface area contributed by atoms with Crippen LogP contribution in [0.4, 0.5) is 0 Å². The molecule has 50 heavy (non-hydrogen) atoms. The van der Waals surface area contributed by atoms with Crippen molar-refractivity contribution < 1.29 is 5.48 Å². The molecular weight excluding hydrogens is 623 g/mol. The van der Waals surface area contributed by atoms with Gasteiger partial charge in [-0.3, -0.25) is 4.57 Å². The van der Waals surface area contributed by atoms with Gasteiger partial charge in [0.25, 0.3) is 0 Å². The van der Waals surface area contributed by atoms with Gasteiger partial charge in [0.05, 0.1) is 22.2 Å². The van der Waals surface area contributed by atoms with Gasteiger partial charge < -0.3 is 0 Å². The van der Waals surface area contributed by atoms with Gasteiger partial charge in [0, 0.05) is 28.0 Å². The summed E-state index contributed by atoms with van der Waals surface area (Å²) < 4.78 is 40.7. The van der Waals surface area contributed by atoms with Crippen LogP contribution < -0.4 is 20.7 Å². The topological polar surface area (TPSA) is 30.7 Å². The Morgan fingerprint density at radius 2 is 0.940 bits per heavy atom. The molecule has 9 rings (SSSR count). The molecule has 0 aliphatic rings. The molecule has 0 unspecified atom stereocenters. The van der Waals surface area contributed by atoms with Gasteiger partial charge in [-0.05, 0) is 32.9 Å². The average molecular weight is 660 g/mol. The Morgan fingerprint density at radius 1 is 0.460 bits per heavy atom. The molecule has 236 valence electrons. The van der Waals surface area contributed by atoms with E-state index in [9.17, 15) is 5.48 Å². The monoisotopic (exact) mass is 659 g/mol. The fourth-order valence-electron chi connectivity index (χ4n) is 7.22. The second-order valence-corrected chi connectivity index (χ2v) is 16.0. The number of rotatable bonds is 7. The summed E-state index contributed by atoms with van der Waals surface area (Å²) in [5.74, 6) is 1.01. The van der Waals surface area contributed by atoms with E-state index in [-0.39, 0.29) is 29.7 Å². The molecule has 0 atom stereocenters. The van der Waals surface area contributed by atoms with E-state index in [1.165, 1.54) is 0 Å². The number of para-hydroxylation sites is 2. The van der Waals surface area contributed by atoms with E-state index in [0.717, 1.165) is 42.9 Å². The molecule has 0 amide bonds. The van der Waals surface area contributed by atoms with Crippen LogP contribution in [0.2, 0.25) is 0 Å². The lowest BCUT2D eigenvalue weighted by Gasteiger charge is -2.34. The normalized spacial score (nSPS) is 12.7. The van der Waals surface area contributed by atoms with Crippen molar-refractivity contribution in [2.24, 2.45) is 0 Å². The lowest BCUT2D eigenvalue weighted by molar-refractivity contribution is 1.05. The van der Waals surface area contributed by atoms with Gasteiger partial charge in [0.2, 0.25) is 0 Å². The third kappa shape index (κ3) is 4.97. The second kappa shape index (κ2) is 12.6. The molecule has 0 spiro atoms. The second-order valence-electron chi connectivity index (χ2n) is 12.3. The Bertz CT molecular complexity index is 2660. The number of fused-ring (bicyclic) bond motifs is 3. The SMILES string of the molecule is [2H]c1c([2H])c(-c2cc(-n3c4ccccc4c4ccccc43)nc(-c3ccccc3)n2)c([2H])c([Si](c2ccccc2)(c2ccccc2)c2ccccc2)c1[2H]. The summed E-state index contributed by atoms with van der Waals surface area (Å²) in [6.45, 7) is 0. The first-order valence-electron chi connectivity index (χ1n) is 18.7. The molecule has 0 aliphatic heterocycles. The average Bonchev–Trinajstić information content (AvgIpc) is 3.57. The maximum Gasteiger partial charge on any atom is 0.179 e. The summed E-state index contributed by atoms with van der Waals surface area (Å²) in [4.78, 5) is 10.2. The van der Waals surface area contributed by atoms with E-state index < -0.39 is 8.07 Å². The quantitative estimate of drug-likeness (QED) is 0.127. The standard InChI is InChI=1S/C46H33N3Si/c1-5-18-34(19-6-1)46-47-42(33-45(48-46)49-43-30-15-13-28-40(43)41-29-14-16-31-44(41)49)35-20-17-27-39(32-35)50(36-21-7-2-8-22-36,37-23-9-3-10-24-37)38-25-11-4-12-26-38/h1-33H/i17D,20D,27D,32D. The van der Waals surface area contributed by atoms with Crippen molar-refractivity contribution in [3.05, 3.63) is 200 Å². The fraction of sp³-hybridized carbons (Fsp3) is 0. The van der Waals surface area contributed by atoms with Gasteiger partial charge in [0.15, 0.2) is 13.9 Å². The zero-order valence-corrected chi connectivity index (χ0v) is 28.1. The Morgan fingerprint density at radius 3 is 1.48 bits per heavy atom. The summed E-state index contributed by atoms with van der Waals surface area (Å²) in [7, 11) is -3.45. The summed E-state index contributed by atoms with van der Waals surface area (Å²) in [5.41, 5.74) is 3.26. The van der Waals surface area contributed by atoms with Crippen LogP contribution in [0.25, 0.3) is 50.3 Å². The van der Waals surface area contributed by atoms with Crippen molar-refractivity contribution in [2.45, 2.75) is 0 Å². The Hall–Kier alpha value is -6.36. The van der Waals surface area contributed by atoms with E-state index >= 15 is 0 Å². The maximum absolute atomic E-state index is 10.2. The van der Waals surface area contributed by atoms with Gasteiger partial charge in [0.1, 0.15) is 5.82 Å². The third-order valence-electron chi connectivity index (χ3n) is 9.43. The summed E-state index contributed by atoms with van der Waals surface area (Å²) >= 11 is 0. The van der Waals surface area contributed by atoms with E-state index in [1.54, 1.807) is 0 Å². The highest BCUT2D eigenvalue weighted by Gasteiger charge is 2.41. The molecule has 2 aromatic heterocycles. The highest BCUT2D eigenvalue weighted by Crippen LogP contribution is 2.33. The third-order valence-corrected chi connectivity index (χ3v) is 14.0. The number of aromatic nitrogens is 3. The van der Waals surface area contributed by atoms with Crippen molar-refractivity contribution in [1.29, 1.82) is 0 Å². The van der Waals surface area contributed by atoms with Crippen LogP contribution in [0.15, 0.2) is 200 Å². The lowest BCUT2D eigenvalue weighted by Crippen LogP contribution is -2.74. The minimum Gasteiger partial charge on any atom is -0.294 e. The molecule has 0 saturated heterocycles. The Balaban J connectivity index is 1.41. The summed E-state index contributed by atoms with van der Waals surface area (Å²) in [6.07, 6.45) is 0. The van der Waals surface area contributed by atoms with Crippen LogP contribution >= 0.6 is 0 Å². The van der Waals surface area contributed by atoms with Gasteiger partial charge in [-0.15, -0.1) is 0 Å². The van der Waals surface area contributed by atoms with E-state index in [2.05, 4.69) is 65.2 Å². The van der Waals surface area contributed by atoms with E-state index in [4.69, 9.17) is 9.97 Å². The van der Waals surface area contributed by atoms with Crippen molar-refractivity contribution in [3.63, 3.8) is 0 Å². The van der Waals surface area contributed by atoms with Gasteiger partial charge in [-0.2, -0.15) is 0 Å². The molecule has 3 nitrogen and oxygen atoms in total. The Kier molecular flexibility index (Phi) is 6.45. The van der Waals surface area contributed by atoms with Crippen LogP contribution in [0.3, 0.4) is 0 Å². The Labute approximate surface area is 298 Å². The minimum atomic E-state index is -3.45. The first-order chi connectivity index (χ1) is 26.5. The van der Waals surface area contributed by atoms with Crippen molar-refractivity contribution in [2.75, 3.05) is 0 Å². The zero-order valence-electron chi connectivity index (χ0n) is 31.1. The summed E-state index contributed by atoms with van der Waals surface area (Å²) in [5, 5.41) is 5.54. The number of benzene rings is 7. The highest BCUT2D eigenvalue weighted by molar-refractivity contribution is 7.19. The molecule has 2 heterocycles. The lowest BCUT2D eigenvalue weighted by atomic mass is 10.1. The van der Waals surface area contributed by atoms with Crippen molar-refractivity contribution in [3.8, 4) is 28.5 Å². The van der Waals surface area contributed by atoms with E-state index in [1.807, 2.05) is 115 Å². The largest absolute Gasteiger partial charge is 0.294 e. The first kappa shape index (κ1) is 25.6. The van der Waals surface area contributed by atoms with Crippen LogP contribution in [0.5, 0.6) is 0 Å².